The minimum absolute atomic E-state index is 0.00265. The number of ether oxygens (including phenoxy) is 3. The van der Waals surface area contributed by atoms with Crippen molar-refractivity contribution >= 4 is 5.69 Å². The maximum atomic E-state index is 12.4. The molecule has 1 aromatic carbocycles. The van der Waals surface area contributed by atoms with Gasteiger partial charge in [-0.3, -0.25) is 0 Å². The summed E-state index contributed by atoms with van der Waals surface area (Å²) in [5.41, 5.74) is 3.21. The first-order valence-corrected chi connectivity index (χ1v) is 15.7. The molecule has 3 saturated carbocycles. The van der Waals surface area contributed by atoms with E-state index >= 15 is 0 Å². The highest BCUT2D eigenvalue weighted by Gasteiger charge is 2.65. The number of allylic oxidation sites excluding steroid dienone is 1. The van der Waals surface area contributed by atoms with E-state index in [9.17, 15) is 10.2 Å². The summed E-state index contributed by atoms with van der Waals surface area (Å²) in [5.74, 6) is 0.237. The first-order valence-electron chi connectivity index (χ1n) is 15.7. The molecule has 0 aromatic heterocycles. The summed E-state index contributed by atoms with van der Waals surface area (Å²) in [5, 5.41) is 24.5. The molecule has 1 saturated heterocycles. The van der Waals surface area contributed by atoms with Gasteiger partial charge in [-0.25, -0.2) is 0 Å². The van der Waals surface area contributed by atoms with Crippen LogP contribution in [0.3, 0.4) is 0 Å². The molecular formula is C34H51NO5. The average molecular weight is 554 g/mol. The Hall–Kier alpha value is -1.44. The summed E-state index contributed by atoms with van der Waals surface area (Å²) in [4.78, 5) is 2.13. The van der Waals surface area contributed by atoms with Crippen LogP contribution in [0.5, 0.6) is 0 Å². The van der Waals surface area contributed by atoms with E-state index in [0.717, 1.165) is 44.9 Å². The van der Waals surface area contributed by atoms with Crippen LogP contribution in [0, 0.1) is 22.7 Å². The average Bonchev–Trinajstić information content (AvgIpc) is 3.18. The number of hydrogen-bond donors (Lipinski definition) is 2. The molecule has 0 amide bonds. The highest BCUT2D eigenvalue weighted by molar-refractivity contribution is 5.50. The Labute approximate surface area is 241 Å². The van der Waals surface area contributed by atoms with Crippen LogP contribution in [0.15, 0.2) is 35.4 Å². The fraction of sp³-hybridized carbons (Fsp3) is 0.765. The summed E-state index contributed by atoms with van der Waals surface area (Å²) in [6.45, 7) is 11.0. The van der Waals surface area contributed by atoms with Gasteiger partial charge in [0.25, 0.3) is 0 Å². The van der Waals surface area contributed by atoms with Crippen LogP contribution in [0.1, 0.15) is 90.5 Å². The molecule has 6 nitrogen and oxygen atoms in total. The van der Waals surface area contributed by atoms with E-state index in [2.05, 4.69) is 64.0 Å². The van der Waals surface area contributed by atoms with Crippen LogP contribution >= 0.6 is 0 Å². The van der Waals surface area contributed by atoms with Gasteiger partial charge >= 0.3 is 0 Å². The third-order valence-electron chi connectivity index (χ3n) is 11.5. The molecule has 4 aliphatic carbocycles. The maximum absolute atomic E-state index is 12.4. The van der Waals surface area contributed by atoms with Crippen molar-refractivity contribution in [3.8, 4) is 0 Å². The molecule has 5 aliphatic rings. The highest BCUT2D eigenvalue weighted by atomic mass is 16.7. The van der Waals surface area contributed by atoms with Gasteiger partial charge in [-0.05, 0) is 80.6 Å². The molecule has 0 bridgehead atoms. The predicted octanol–water partition coefficient (Wildman–Crippen LogP) is 5.81. The van der Waals surface area contributed by atoms with E-state index < -0.39 is 17.0 Å². The Morgan fingerprint density at radius 2 is 1.68 bits per heavy atom. The third-order valence-corrected chi connectivity index (χ3v) is 11.5. The Bertz CT molecular complexity index is 1130. The van der Waals surface area contributed by atoms with Crippen LogP contribution in [-0.2, 0) is 14.2 Å². The van der Waals surface area contributed by atoms with Crippen molar-refractivity contribution in [1.29, 1.82) is 0 Å². The molecule has 2 N–H and O–H groups in total. The summed E-state index contributed by atoms with van der Waals surface area (Å²) < 4.78 is 18.7. The first kappa shape index (κ1) is 28.7. The van der Waals surface area contributed by atoms with Crippen molar-refractivity contribution in [3.63, 3.8) is 0 Å². The van der Waals surface area contributed by atoms with Crippen LogP contribution < -0.4 is 4.90 Å². The third kappa shape index (κ3) is 4.48. The van der Waals surface area contributed by atoms with Crippen molar-refractivity contribution in [2.24, 2.45) is 22.7 Å². The lowest BCUT2D eigenvalue weighted by atomic mass is 9.49. The predicted molar refractivity (Wildman–Crippen MR) is 157 cm³/mol. The quantitative estimate of drug-likeness (QED) is 0.448. The zero-order valence-electron chi connectivity index (χ0n) is 25.6. The molecule has 222 valence electrons. The van der Waals surface area contributed by atoms with Crippen molar-refractivity contribution in [3.05, 3.63) is 41.0 Å². The summed E-state index contributed by atoms with van der Waals surface area (Å²) >= 11 is 0. The number of hydrogen-bond acceptors (Lipinski definition) is 6. The molecule has 1 heterocycles. The van der Waals surface area contributed by atoms with E-state index in [1.165, 1.54) is 22.4 Å². The number of fused-ring (bicyclic) bond motifs is 4. The zero-order chi connectivity index (χ0) is 28.6. The van der Waals surface area contributed by atoms with Gasteiger partial charge in [-0.15, -0.1) is 0 Å². The fourth-order valence-electron chi connectivity index (χ4n) is 9.16. The lowest BCUT2D eigenvalue weighted by molar-refractivity contribution is -0.322. The van der Waals surface area contributed by atoms with Gasteiger partial charge in [0.2, 0.25) is 0 Å². The summed E-state index contributed by atoms with van der Waals surface area (Å²) in [7, 11) is 4.15. The van der Waals surface area contributed by atoms with Crippen LogP contribution in [-0.4, -0.2) is 67.7 Å². The standard InChI is InChI=1S/C34H51NO5/c1-7-38-22-33(37)16-13-27-25-12-15-32(36)19-34(39-20-30(2,3)21-40-34)17-14-28(32)29(25)26(18-31(27,33)4)23-8-10-24(11-9-23)35(5)6/h8-11,25-27,36-37H,7,12-22H2,1-6H3/t25-,26+,27-,31-,32+,33+/m0/s1. The topological polar surface area (TPSA) is 71.4 Å². The minimum atomic E-state index is -0.901. The molecular weight excluding hydrogens is 502 g/mol. The highest BCUT2D eigenvalue weighted by Crippen LogP contribution is 2.68. The lowest BCUT2D eigenvalue weighted by Crippen LogP contribution is -2.58. The normalized spacial score (nSPS) is 40.0. The van der Waals surface area contributed by atoms with Crippen molar-refractivity contribution < 1.29 is 24.4 Å². The number of nitrogens with zero attached hydrogens (tertiary/aromatic N) is 1. The zero-order valence-corrected chi connectivity index (χ0v) is 25.6. The molecule has 0 radical (unpaired) electrons. The Morgan fingerprint density at radius 3 is 2.33 bits per heavy atom. The van der Waals surface area contributed by atoms with Gasteiger partial charge in [0.1, 0.15) is 0 Å². The molecule has 6 rings (SSSR count). The molecule has 1 aliphatic heterocycles. The van der Waals surface area contributed by atoms with Crippen molar-refractivity contribution in [2.75, 3.05) is 45.4 Å². The van der Waals surface area contributed by atoms with E-state index in [-0.39, 0.29) is 16.7 Å². The molecule has 1 aromatic rings. The molecule has 6 heteroatoms. The second kappa shape index (κ2) is 9.80. The molecule has 6 atom stereocenters. The van der Waals surface area contributed by atoms with E-state index in [0.29, 0.717) is 44.7 Å². The lowest BCUT2D eigenvalue weighted by Gasteiger charge is -2.58. The largest absolute Gasteiger partial charge is 0.387 e. The van der Waals surface area contributed by atoms with Crippen LogP contribution in [0.4, 0.5) is 5.69 Å². The summed E-state index contributed by atoms with van der Waals surface area (Å²) in [6.07, 6.45) is 6.46. The van der Waals surface area contributed by atoms with Crippen LogP contribution in [0.2, 0.25) is 0 Å². The molecule has 4 fully saturated rings. The van der Waals surface area contributed by atoms with E-state index in [4.69, 9.17) is 14.2 Å². The second-order valence-corrected chi connectivity index (χ2v) is 14.9. The Balaban J connectivity index is 1.41. The number of benzene rings is 1. The van der Waals surface area contributed by atoms with Gasteiger partial charge < -0.3 is 29.3 Å². The fourth-order valence-corrected chi connectivity index (χ4v) is 9.16. The smallest absolute Gasteiger partial charge is 0.171 e. The summed E-state index contributed by atoms with van der Waals surface area (Å²) in [6, 6.07) is 8.97. The SMILES string of the molecule is CCOC[C@]1(O)CC[C@H]2[C@@H]3CC[C@@]4(O)CC5(CCC4=C3[C@@H](c3ccc(N(C)C)cc3)C[C@@]21C)OCC(C)(C)CO5. The maximum Gasteiger partial charge on any atom is 0.171 e. The van der Waals surface area contributed by atoms with E-state index in [1.54, 1.807) is 0 Å². The molecule has 0 unspecified atom stereocenters. The van der Waals surface area contributed by atoms with Gasteiger partial charge in [0.05, 0.1) is 31.0 Å². The van der Waals surface area contributed by atoms with Gasteiger partial charge in [-0.2, -0.15) is 0 Å². The van der Waals surface area contributed by atoms with Crippen molar-refractivity contribution in [2.45, 2.75) is 102 Å². The van der Waals surface area contributed by atoms with Gasteiger partial charge in [-0.1, -0.05) is 38.5 Å². The van der Waals surface area contributed by atoms with Gasteiger partial charge in [0, 0.05) is 56.0 Å². The number of aliphatic hydroxyl groups is 2. The second-order valence-electron chi connectivity index (χ2n) is 14.9. The monoisotopic (exact) mass is 553 g/mol. The Morgan fingerprint density at radius 1 is 0.975 bits per heavy atom. The minimum Gasteiger partial charge on any atom is -0.387 e. The number of anilines is 1. The first-order chi connectivity index (χ1) is 18.8. The van der Waals surface area contributed by atoms with Gasteiger partial charge in [0.15, 0.2) is 5.79 Å². The number of rotatable bonds is 5. The van der Waals surface area contributed by atoms with Crippen molar-refractivity contribution in [1.82, 2.24) is 0 Å². The van der Waals surface area contributed by atoms with Crippen LogP contribution in [0.25, 0.3) is 0 Å². The van der Waals surface area contributed by atoms with E-state index in [1.807, 2.05) is 6.92 Å². The Kier molecular flexibility index (Phi) is 7.03. The molecule has 40 heavy (non-hydrogen) atoms. The molecule has 1 spiro atoms.